The molecule has 0 spiro atoms. The predicted octanol–water partition coefficient (Wildman–Crippen LogP) is -1.84. The lowest BCUT2D eigenvalue weighted by Gasteiger charge is -2.21. The van der Waals surface area contributed by atoms with Gasteiger partial charge < -0.3 is 15.3 Å². The van der Waals surface area contributed by atoms with Crippen LogP contribution in [0, 0.1) is 0 Å². The van der Waals surface area contributed by atoms with E-state index >= 15 is 0 Å². The first-order valence-electron chi connectivity index (χ1n) is 4.09. The molecular weight excluding hydrogens is 160 g/mol. The van der Waals surface area contributed by atoms with E-state index < -0.39 is 6.10 Å². The van der Waals surface area contributed by atoms with Crippen molar-refractivity contribution in [1.82, 2.24) is 10.4 Å². The van der Waals surface area contributed by atoms with Crippen LogP contribution in [0.4, 0.5) is 0 Å². The van der Waals surface area contributed by atoms with Crippen LogP contribution < -0.4 is 5.43 Å². The third kappa shape index (κ3) is 6.51. The Morgan fingerprint density at radius 2 is 1.75 bits per heavy atom. The molecule has 0 aromatic heterocycles. The van der Waals surface area contributed by atoms with E-state index in [0.717, 1.165) is 0 Å². The molecule has 0 aromatic rings. The van der Waals surface area contributed by atoms with E-state index in [1.807, 2.05) is 0 Å². The van der Waals surface area contributed by atoms with Crippen LogP contribution in [0.1, 0.15) is 6.92 Å². The van der Waals surface area contributed by atoms with E-state index in [2.05, 4.69) is 5.43 Å². The molecule has 0 saturated carbocycles. The van der Waals surface area contributed by atoms with E-state index in [1.165, 1.54) is 0 Å². The van der Waals surface area contributed by atoms with Gasteiger partial charge in [-0.15, -0.1) is 0 Å². The van der Waals surface area contributed by atoms with Gasteiger partial charge in [0.1, 0.15) is 0 Å². The summed E-state index contributed by atoms with van der Waals surface area (Å²) >= 11 is 0. The van der Waals surface area contributed by atoms with Crippen LogP contribution in [-0.4, -0.2) is 59.3 Å². The Kier molecular flexibility index (Phi) is 7.33. The first kappa shape index (κ1) is 11.8. The Morgan fingerprint density at radius 1 is 1.25 bits per heavy atom. The third-order valence-electron chi connectivity index (χ3n) is 1.35. The zero-order chi connectivity index (χ0) is 9.40. The molecular formula is C7H18N2O3. The maximum Gasteiger partial charge on any atom is 0.0650 e. The molecule has 0 aliphatic carbocycles. The highest BCUT2D eigenvalue weighted by atomic mass is 16.3. The summed E-state index contributed by atoms with van der Waals surface area (Å²) in [5.74, 6) is 0. The lowest BCUT2D eigenvalue weighted by Crippen LogP contribution is -2.44. The molecule has 0 bridgehead atoms. The zero-order valence-corrected chi connectivity index (χ0v) is 7.40. The average molecular weight is 178 g/mol. The van der Waals surface area contributed by atoms with E-state index in [4.69, 9.17) is 15.3 Å². The van der Waals surface area contributed by atoms with Gasteiger partial charge in [-0.05, 0) is 6.92 Å². The molecule has 0 fully saturated rings. The number of nitrogens with one attached hydrogen (secondary N) is 1. The Morgan fingerprint density at radius 3 is 2.08 bits per heavy atom. The van der Waals surface area contributed by atoms with Crippen molar-refractivity contribution in [3.8, 4) is 0 Å². The summed E-state index contributed by atoms with van der Waals surface area (Å²) in [6, 6.07) is 0. The van der Waals surface area contributed by atoms with Crippen LogP contribution in [0.3, 0.4) is 0 Å². The van der Waals surface area contributed by atoms with Gasteiger partial charge in [-0.2, -0.15) is 0 Å². The highest BCUT2D eigenvalue weighted by molar-refractivity contribution is 4.54. The van der Waals surface area contributed by atoms with Gasteiger partial charge in [0.05, 0.1) is 19.3 Å². The number of rotatable bonds is 7. The van der Waals surface area contributed by atoms with E-state index in [-0.39, 0.29) is 13.2 Å². The maximum atomic E-state index is 8.92. The van der Waals surface area contributed by atoms with E-state index in [1.54, 1.807) is 11.9 Å². The molecule has 0 aromatic carbocycles. The van der Waals surface area contributed by atoms with E-state index in [9.17, 15) is 0 Å². The minimum atomic E-state index is -0.426. The number of nitrogens with zero attached hydrogens (tertiary/aromatic N) is 1. The molecule has 0 heterocycles. The summed E-state index contributed by atoms with van der Waals surface area (Å²) in [6.45, 7) is 3.07. The molecule has 0 aliphatic heterocycles. The Hall–Kier alpha value is -0.200. The lowest BCUT2D eigenvalue weighted by atomic mass is 10.4. The Balaban J connectivity index is 3.48. The normalized spacial score (nSPS) is 13.8. The number of hydrogen-bond acceptors (Lipinski definition) is 5. The molecule has 1 atom stereocenters. The molecule has 5 nitrogen and oxygen atoms in total. The zero-order valence-electron chi connectivity index (χ0n) is 7.40. The van der Waals surface area contributed by atoms with Crippen molar-refractivity contribution in [2.75, 3.05) is 32.8 Å². The van der Waals surface area contributed by atoms with Crippen molar-refractivity contribution < 1.29 is 15.3 Å². The molecule has 12 heavy (non-hydrogen) atoms. The van der Waals surface area contributed by atoms with Crippen LogP contribution in [0.5, 0.6) is 0 Å². The van der Waals surface area contributed by atoms with Crippen LogP contribution in [0.15, 0.2) is 0 Å². The van der Waals surface area contributed by atoms with Gasteiger partial charge in [-0.3, -0.25) is 5.43 Å². The minimum absolute atomic E-state index is 0.0345. The Bertz CT molecular complexity index is 94.7. The molecule has 0 saturated heterocycles. The molecule has 0 rings (SSSR count). The summed E-state index contributed by atoms with van der Waals surface area (Å²) in [7, 11) is 0. The number of aliphatic hydroxyl groups excluding tert-OH is 3. The minimum Gasteiger partial charge on any atom is -0.395 e. The SMILES string of the molecule is CC(O)CNN(CCO)CCO. The van der Waals surface area contributed by atoms with Gasteiger partial charge in [-0.1, -0.05) is 0 Å². The molecule has 0 radical (unpaired) electrons. The molecule has 74 valence electrons. The summed E-state index contributed by atoms with van der Waals surface area (Å²) in [4.78, 5) is 0. The number of hydrazine groups is 1. The third-order valence-corrected chi connectivity index (χ3v) is 1.35. The van der Waals surface area contributed by atoms with Gasteiger partial charge in [0, 0.05) is 19.6 Å². The van der Waals surface area contributed by atoms with Crippen molar-refractivity contribution in [2.24, 2.45) is 0 Å². The van der Waals surface area contributed by atoms with Gasteiger partial charge in [0.25, 0.3) is 0 Å². The fourth-order valence-corrected chi connectivity index (χ4v) is 0.773. The first-order chi connectivity index (χ1) is 5.70. The van der Waals surface area contributed by atoms with Crippen molar-refractivity contribution in [3.63, 3.8) is 0 Å². The molecule has 0 aliphatic rings. The molecule has 5 heteroatoms. The number of aliphatic hydroxyl groups is 3. The standard InChI is InChI=1S/C7H18N2O3/c1-7(12)6-8-9(2-4-10)3-5-11/h7-8,10-12H,2-6H2,1H3. The van der Waals surface area contributed by atoms with Crippen molar-refractivity contribution in [3.05, 3.63) is 0 Å². The van der Waals surface area contributed by atoms with Crippen molar-refractivity contribution >= 4 is 0 Å². The Labute approximate surface area is 72.6 Å². The predicted molar refractivity (Wildman–Crippen MR) is 45.4 cm³/mol. The fraction of sp³-hybridized carbons (Fsp3) is 1.00. The second-order valence-electron chi connectivity index (χ2n) is 2.65. The van der Waals surface area contributed by atoms with Gasteiger partial charge in [0.2, 0.25) is 0 Å². The lowest BCUT2D eigenvalue weighted by molar-refractivity contribution is 0.0879. The summed E-state index contributed by atoms with van der Waals surface area (Å²) in [5, 5.41) is 27.8. The summed E-state index contributed by atoms with van der Waals surface area (Å²) < 4.78 is 0. The molecule has 0 amide bonds. The molecule has 1 unspecified atom stereocenters. The van der Waals surface area contributed by atoms with Gasteiger partial charge in [-0.25, -0.2) is 5.01 Å². The monoisotopic (exact) mass is 178 g/mol. The second kappa shape index (κ2) is 7.45. The second-order valence-corrected chi connectivity index (χ2v) is 2.65. The quantitative estimate of drug-likeness (QED) is 0.345. The first-order valence-corrected chi connectivity index (χ1v) is 4.09. The van der Waals surface area contributed by atoms with Crippen LogP contribution in [-0.2, 0) is 0 Å². The van der Waals surface area contributed by atoms with Crippen molar-refractivity contribution in [2.45, 2.75) is 13.0 Å². The smallest absolute Gasteiger partial charge is 0.0650 e. The highest BCUT2D eigenvalue weighted by Gasteiger charge is 2.03. The number of hydrogen-bond donors (Lipinski definition) is 4. The van der Waals surface area contributed by atoms with Crippen LogP contribution >= 0.6 is 0 Å². The van der Waals surface area contributed by atoms with Gasteiger partial charge in [0.15, 0.2) is 0 Å². The summed E-state index contributed by atoms with van der Waals surface area (Å²) in [6.07, 6.45) is -0.426. The van der Waals surface area contributed by atoms with E-state index in [0.29, 0.717) is 19.6 Å². The van der Waals surface area contributed by atoms with Gasteiger partial charge >= 0.3 is 0 Å². The summed E-state index contributed by atoms with van der Waals surface area (Å²) in [5.41, 5.74) is 2.88. The maximum absolute atomic E-state index is 8.92. The van der Waals surface area contributed by atoms with Crippen LogP contribution in [0.25, 0.3) is 0 Å². The van der Waals surface area contributed by atoms with Crippen molar-refractivity contribution in [1.29, 1.82) is 0 Å². The average Bonchev–Trinajstić information content (AvgIpc) is 2.01. The highest BCUT2D eigenvalue weighted by Crippen LogP contribution is 1.82. The molecule has 4 N–H and O–H groups in total. The topological polar surface area (TPSA) is 76.0 Å². The fourth-order valence-electron chi connectivity index (χ4n) is 0.773. The largest absolute Gasteiger partial charge is 0.395 e. The van der Waals surface area contributed by atoms with Crippen LogP contribution in [0.2, 0.25) is 0 Å².